The number of carbonyl (C=O) groups is 1. The lowest BCUT2D eigenvalue weighted by Crippen LogP contribution is -2.46. The van der Waals surface area contributed by atoms with Gasteiger partial charge in [0, 0.05) is 5.41 Å². The third kappa shape index (κ3) is 2.43. The van der Waals surface area contributed by atoms with Gasteiger partial charge in [0.1, 0.15) is 6.61 Å². The molecular formula is C14H19NO2. The highest BCUT2D eigenvalue weighted by atomic mass is 16.6. The number of carbonyl (C=O) groups excluding carboxylic acids is 1. The summed E-state index contributed by atoms with van der Waals surface area (Å²) in [5.74, 6) is 0. The van der Waals surface area contributed by atoms with E-state index in [9.17, 15) is 4.79 Å². The zero-order chi connectivity index (χ0) is 12.6. The van der Waals surface area contributed by atoms with Gasteiger partial charge in [-0.15, -0.1) is 0 Å². The summed E-state index contributed by atoms with van der Waals surface area (Å²) >= 11 is 0. The minimum absolute atomic E-state index is 0.0161. The predicted octanol–water partition coefficient (Wildman–Crippen LogP) is 3.11. The van der Waals surface area contributed by atoms with Gasteiger partial charge in [-0.3, -0.25) is 0 Å². The minimum Gasteiger partial charge on any atom is -0.449 e. The summed E-state index contributed by atoms with van der Waals surface area (Å²) in [4.78, 5) is 11.4. The van der Waals surface area contributed by atoms with Crippen LogP contribution in [-0.2, 0) is 4.74 Å². The van der Waals surface area contributed by atoms with E-state index in [1.165, 1.54) is 11.1 Å². The molecule has 17 heavy (non-hydrogen) atoms. The van der Waals surface area contributed by atoms with Gasteiger partial charge in [-0.2, -0.15) is 0 Å². The van der Waals surface area contributed by atoms with E-state index in [-0.39, 0.29) is 17.6 Å². The number of amides is 1. The summed E-state index contributed by atoms with van der Waals surface area (Å²) in [7, 11) is 0. The Morgan fingerprint density at radius 2 is 1.82 bits per heavy atom. The van der Waals surface area contributed by atoms with E-state index in [1.54, 1.807) is 0 Å². The molecule has 1 atom stereocenters. The number of benzene rings is 1. The lowest BCUT2D eigenvalue weighted by Gasteiger charge is -2.38. The van der Waals surface area contributed by atoms with Crippen molar-refractivity contribution < 1.29 is 9.53 Å². The van der Waals surface area contributed by atoms with Gasteiger partial charge < -0.3 is 10.1 Å². The molecule has 1 aliphatic rings. The summed E-state index contributed by atoms with van der Waals surface area (Å²) in [6, 6.07) is 6.41. The SMILES string of the molecule is Cc1cc(C)cc([C@@H]2NC(=O)OCC2(C)C)c1. The van der Waals surface area contributed by atoms with Crippen LogP contribution in [0.1, 0.15) is 36.6 Å². The Morgan fingerprint density at radius 3 is 2.41 bits per heavy atom. The zero-order valence-electron chi connectivity index (χ0n) is 10.8. The molecule has 0 bridgehead atoms. The molecule has 0 radical (unpaired) electrons. The van der Waals surface area contributed by atoms with Gasteiger partial charge in [-0.25, -0.2) is 4.79 Å². The first-order valence-corrected chi connectivity index (χ1v) is 5.90. The fourth-order valence-electron chi connectivity index (χ4n) is 2.40. The van der Waals surface area contributed by atoms with Crippen LogP contribution in [0.25, 0.3) is 0 Å². The zero-order valence-corrected chi connectivity index (χ0v) is 10.8. The maximum atomic E-state index is 11.4. The molecule has 1 aromatic rings. The summed E-state index contributed by atoms with van der Waals surface area (Å²) in [6.07, 6.45) is -0.325. The minimum atomic E-state index is -0.325. The smallest absolute Gasteiger partial charge is 0.407 e. The second-order valence-electron chi connectivity index (χ2n) is 5.56. The van der Waals surface area contributed by atoms with Crippen molar-refractivity contribution in [2.75, 3.05) is 6.61 Å². The second kappa shape index (κ2) is 4.06. The Morgan fingerprint density at radius 1 is 1.24 bits per heavy atom. The molecule has 92 valence electrons. The highest BCUT2D eigenvalue weighted by Gasteiger charge is 2.37. The monoisotopic (exact) mass is 233 g/mol. The van der Waals surface area contributed by atoms with Crippen LogP contribution < -0.4 is 5.32 Å². The Kier molecular flexibility index (Phi) is 2.86. The molecule has 1 N–H and O–H groups in total. The molecule has 1 saturated heterocycles. The van der Waals surface area contributed by atoms with Gasteiger partial charge >= 0.3 is 6.09 Å². The molecular weight excluding hydrogens is 214 g/mol. The average Bonchev–Trinajstić information content (AvgIpc) is 2.20. The first-order chi connectivity index (χ1) is 7.88. The van der Waals surface area contributed by atoms with Crippen molar-refractivity contribution in [1.82, 2.24) is 5.32 Å². The van der Waals surface area contributed by atoms with Crippen molar-refractivity contribution in [1.29, 1.82) is 0 Å². The van der Waals surface area contributed by atoms with Gasteiger partial charge in [0.2, 0.25) is 0 Å². The van der Waals surface area contributed by atoms with Crippen molar-refractivity contribution in [2.45, 2.75) is 33.7 Å². The molecule has 3 nitrogen and oxygen atoms in total. The Balaban J connectivity index is 2.39. The molecule has 0 aliphatic carbocycles. The van der Waals surface area contributed by atoms with Crippen LogP contribution in [0.2, 0.25) is 0 Å². The van der Waals surface area contributed by atoms with E-state index < -0.39 is 0 Å². The third-order valence-corrected chi connectivity index (χ3v) is 3.20. The number of hydrogen-bond donors (Lipinski definition) is 1. The fraction of sp³-hybridized carbons (Fsp3) is 0.500. The van der Waals surface area contributed by atoms with Crippen LogP contribution in [-0.4, -0.2) is 12.7 Å². The van der Waals surface area contributed by atoms with Crippen molar-refractivity contribution in [3.63, 3.8) is 0 Å². The van der Waals surface area contributed by atoms with E-state index in [1.807, 2.05) is 0 Å². The number of nitrogens with one attached hydrogen (secondary N) is 1. The molecule has 1 heterocycles. The van der Waals surface area contributed by atoms with Crippen molar-refractivity contribution in [3.8, 4) is 0 Å². The van der Waals surface area contributed by atoms with Crippen LogP contribution in [0.4, 0.5) is 4.79 Å². The number of alkyl carbamates (subject to hydrolysis) is 1. The normalized spacial score (nSPS) is 22.8. The highest BCUT2D eigenvalue weighted by molar-refractivity contribution is 5.69. The highest BCUT2D eigenvalue weighted by Crippen LogP contribution is 2.36. The lowest BCUT2D eigenvalue weighted by atomic mass is 9.80. The van der Waals surface area contributed by atoms with E-state index >= 15 is 0 Å². The second-order valence-corrected chi connectivity index (χ2v) is 5.56. The van der Waals surface area contributed by atoms with Gasteiger partial charge in [0.15, 0.2) is 0 Å². The van der Waals surface area contributed by atoms with E-state index in [2.05, 4.69) is 51.2 Å². The lowest BCUT2D eigenvalue weighted by molar-refractivity contribution is 0.0387. The number of cyclic esters (lactones) is 1. The van der Waals surface area contributed by atoms with E-state index in [4.69, 9.17) is 4.74 Å². The summed E-state index contributed by atoms with van der Waals surface area (Å²) in [5, 5.41) is 2.92. The molecule has 0 aromatic heterocycles. The van der Waals surface area contributed by atoms with Crippen molar-refractivity contribution in [3.05, 3.63) is 34.9 Å². The molecule has 1 fully saturated rings. The fourth-order valence-corrected chi connectivity index (χ4v) is 2.40. The molecule has 0 saturated carbocycles. The largest absolute Gasteiger partial charge is 0.449 e. The first kappa shape index (κ1) is 12.0. The summed E-state index contributed by atoms with van der Waals surface area (Å²) < 4.78 is 5.06. The van der Waals surface area contributed by atoms with Crippen LogP contribution in [0.3, 0.4) is 0 Å². The topological polar surface area (TPSA) is 38.3 Å². The summed E-state index contributed by atoms with van der Waals surface area (Å²) in [5.41, 5.74) is 3.51. The first-order valence-electron chi connectivity index (χ1n) is 5.90. The Hall–Kier alpha value is -1.51. The molecule has 3 heteroatoms. The maximum absolute atomic E-state index is 11.4. The predicted molar refractivity (Wildman–Crippen MR) is 66.9 cm³/mol. The molecule has 1 aliphatic heterocycles. The number of rotatable bonds is 1. The average molecular weight is 233 g/mol. The molecule has 1 amide bonds. The number of aryl methyl sites for hydroxylation is 2. The molecule has 0 spiro atoms. The standard InChI is InChI=1S/C14H19NO2/c1-9-5-10(2)7-11(6-9)12-14(3,4)8-17-13(16)15-12/h5-7,12H,8H2,1-4H3,(H,15,16)/t12-/m0/s1. The summed E-state index contributed by atoms with van der Waals surface area (Å²) in [6.45, 7) is 8.81. The third-order valence-electron chi connectivity index (χ3n) is 3.20. The van der Waals surface area contributed by atoms with Gasteiger partial charge in [0.05, 0.1) is 6.04 Å². The number of hydrogen-bond acceptors (Lipinski definition) is 2. The van der Waals surface area contributed by atoms with E-state index in [0.29, 0.717) is 6.61 Å². The molecule has 2 rings (SSSR count). The Labute approximate surface area is 102 Å². The molecule has 0 unspecified atom stereocenters. The van der Waals surface area contributed by atoms with Gasteiger partial charge in [0.25, 0.3) is 0 Å². The van der Waals surface area contributed by atoms with Crippen LogP contribution >= 0.6 is 0 Å². The van der Waals surface area contributed by atoms with Crippen LogP contribution in [0, 0.1) is 19.3 Å². The quantitative estimate of drug-likeness (QED) is 0.809. The van der Waals surface area contributed by atoms with Crippen LogP contribution in [0.15, 0.2) is 18.2 Å². The van der Waals surface area contributed by atoms with E-state index in [0.717, 1.165) is 5.56 Å². The van der Waals surface area contributed by atoms with Gasteiger partial charge in [-0.05, 0) is 19.4 Å². The molecule has 1 aromatic carbocycles. The van der Waals surface area contributed by atoms with Crippen molar-refractivity contribution in [2.24, 2.45) is 5.41 Å². The van der Waals surface area contributed by atoms with Crippen molar-refractivity contribution >= 4 is 6.09 Å². The van der Waals surface area contributed by atoms with Gasteiger partial charge in [-0.1, -0.05) is 43.2 Å². The number of ether oxygens (including phenoxy) is 1. The Bertz CT molecular complexity index is 431. The maximum Gasteiger partial charge on any atom is 0.407 e. The van der Waals surface area contributed by atoms with Crippen LogP contribution in [0.5, 0.6) is 0 Å².